The van der Waals surface area contributed by atoms with Crippen LogP contribution in [0, 0.1) is 12.3 Å². The van der Waals surface area contributed by atoms with Gasteiger partial charge in [-0.05, 0) is 13.0 Å². The summed E-state index contributed by atoms with van der Waals surface area (Å²) in [7, 11) is 0. The van der Waals surface area contributed by atoms with Gasteiger partial charge in [0, 0.05) is 18.9 Å². The number of aromatic nitrogens is 2. The second-order valence-electron chi connectivity index (χ2n) is 2.53. The van der Waals surface area contributed by atoms with Crippen molar-refractivity contribution in [1.82, 2.24) is 14.9 Å². The van der Waals surface area contributed by atoms with Gasteiger partial charge in [0.1, 0.15) is 0 Å². The van der Waals surface area contributed by atoms with Crippen LogP contribution in [0.1, 0.15) is 6.42 Å². The first kappa shape index (κ1) is 8.82. The van der Waals surface area contributed by atoms with Crippen LogP contribution in [-0.2, 0) is 6.54 Å². The largest absolute Gasteiger partial charge is 0.337 e. The third-order valence-electron chi connectivity index (χ3n) is 1.56. The van der Waals surface area contributed by atoms with E-state index in [2.05, 4.69) is 20.8 Å². The smallest absolute Gasteiger partial charge is 0.0945 e. The lowest BCUT2D eigenvalue weighted by atomic mass is 10.4. The van der Waals surface area contributed by atoms with Crippen molar-refractivity contribution in [2.24, 2.45) is 0 Å². The molecule has 0 atom stereocenters. The van der Waals surface area contributed by atoms with E-state index in [0.717, 1.165) is 19.5 Å². The Morgan fingerprint density at radius 3 is 3.17 bits per heavy atom. The molecule has 64 valence electrons. The maximum absolute atomic E-state index is 5.08. The molecule has 3 nitrogen and oxygen atoms in total. The van der Waals surface area contributed by atoms with E-state index in [-0.39, 0.29) is 0 Å². The Kier molecular flexibility index (Phi) is 3.96. The summed E-state index contributed by atoms with van der Waals surface area (Å²) in [6.45, 7) is 2.61. The van der Waals surface area contributed by atoms with Gasteiger partial charge < -0.3 is 9.88 Å². The van der Waals surface area contributed by atoms with Crippen LogP contribution in [0.15, 0.2) is 18.7 Å². The number of aryl methyl sites for hydroxylation is 1. The average Bonchev–Trinajstić information content (AvgIpc) is 2.57. The molecule has 1 N–H and O–H groups in total. The van der Waals surface area contributed by atoms with Crippen LogP contribution in [0.3, 0.4) is 0 Å². The normalized spacial score (nSPS) is 9.58. The molecule has 0 radical (unpaired) electrons. The van der Waals surface area contributed by atoms with Crippen LogP contribution in [-0.4, -0.2) is 22.6 Å². The third kappa shape index (κ3) is 3.22. The van der Waals surface area contributed by atoms with E-state index >= 15 is 0 Å². The molecule has 0 unspecified atom stereocenters. The fourth-order valence-electron chi connectivity index (χ4n) is 0.966. The summed E-state index contributed by atoms with van der Waals surface area (Å²) in [6, 6.07) is 0. The van der Waals surface area contributed by atoms with E-state index in [1.54, 1.807) is 6.20 Å². The van der Waals surface area contributed by atoms with E-state index in [4.69, 9.17) is 6.42 Å². The molecule has 3 heteroatoms. The number of hydrogen-bond donors (Lipinski definition) is 1. The molecule has 0 aliphatic heterocycles. The molecule has 0 saturated carbocycles. The van der Waals surface area contributed by atoms with Crippen molar-refractivity contribution in [1.29, 1.82) is 0 Å². The minimum Gasteiger partial charge on any atom is -0.337 e. The van der Waals surface area contributed by atoms with Gasteiger partial charge in [-0.1, -0.05) is 5.92 Å². The van der Waals surface area contributed by atoms with Crippen LogP contribution in [0.25, 0.3) is 0 Å². The first-order chi connectivity index (χ1) is 5.93. The Bertz CT molecular complexity index is 233. The van der Waals surface area contributed by atoms with E-state index in [9.17, 15) is 0 Å². The first-order valence-corrected chi connectivity index (χ1v) is 4.03. The van der Waals surface area contributed by atoms with Gasteiger partial charge in [-0.25, -0.2) is 4.98 Å². The summed E-state index contributed by atoms with van der Waals surface area (Å²) in [6.07, 6.45) is 11.7. The quantitative estimate of drug-likeness (QED) is 0.506. The van der Waals surface area contributed by atoms with E-state index in [1.165, 1.54) is 0 Å². The number of nitrogens with zero attached hydrogens (tertiary/aromatic N) is 2. The maximum Gasteiger partial charge on any atom is 0.0945 e. The van der Waals surface area contributed by atoms with Crippen LogP contribution in [0.2, 0.25) is 0 Å². The highest BCUT2D eigenvalue weighted by Crippen LogP contribution is 1.88. The molecule has 0 aliphatic carbocycles. The SMILES string of the molecule is C#CCNCCCn1ccnc1. The molecule has 1 aromatic rings. The lowest BCUT2D eigenvalue weighted by Crippen LogP contribution is -2.16. The lowest BCUT2D eigenvalue weighted by molar-refractivity contribution is 0.602. The summed E-state index contributed by atoms with van der Waals surface area (Å²) in [4.78, 5) is 3.95. The standard InChI is InChI=1S/C9H13N3/c1-2-4-10-5-3-7-12-8-6-11-9-12/h1,6,8-10H,3-5,7H2. The number of terminal acetylenes is 1. The average molecular weight is 163 g/mol. The molecule has 0 fully saturated rings. The van der Waals surface area contributed by atoms with Gasteiger partial charge in [-0.2, -0.15) is 0 Å². The fourth-order valence-corrected chi connectivity index (χ4v) is 0.966. The summed E-state index contributed by atoms with van der Waals surface area (Å²) in [5, 5.41) is 3.13. The zero-order valence-electron chi connectivity index (χ0n) is 7.03. The topological polar surface area (TPSA) is 29.9 Å². The van der Waals surface area contributed by atoms with Crippen molar-refractivity contribution in [2.45, 2.75) is 13.0 Å². The summed E-state index contributed by atoms with van der Waals surface area (Å²) in [5.74, 6) is 2.53. The van der Waals surface area contributed by atoms with Gasteiger partial charge in [0.15, 0.2) is 0 Å². The molecule has 1 aromatic heterocycles. The van der Waals surface area contributed by atoms with Gasteiger partial charge >= 0.3 is 0 Å². The Labute approximate surface area is 72.8 Å². The second-order valence-corrected chi connectivity index (χ2v) is 2.53. The molecule has 12 heavy (non-hydrogen) atoms. The molecule has 0 aliphatic rings. The van der Waals surface area contributed by atoms with Crippen molar-refractivity contribution in [3.8, 4) is 12.3 Å². The van der Waals surface area contributed by atoms with Crippen molar-refractivity contribution < 1.29 is 0 Å². The molecule has 1 heterocycles. The monoisotopic (exact) mass is 163 g/mol. The molecule has 0 amide bonds. The van der Waals surface area contributed by atoms with Gasteiger partial charge in [-0.3, -0.25) is 0 Å². The molecule has 0 bridgehead atoms. The molecule has 1 rings (SSSR count). The molecule has 0 saturated heterocycles. The Morgan fingerprint density at radius 2 is 2.50 bits per heavy atom. The molecule has 0 spiro atoms. The zero-order chi connectivity index (χ0) is 8.65. The van der Waals surface area contributed by atoms with E-state index < -0.39 is 0 Å². The third-order valence-corrected chi connectivity index (χ3v) is 1.56. The summed E-state index contributed by atoms with van der Waals surface area (Å²) < 4.78 is 2.05. The number of rotatable bonds is 5. The van der Waals surface area contributed by atoms with Crippen molar-refractivity contribution in [3.05, 3.63) is 18.7 Å². The summed E-state index contributed by atoms with van der Waals surface area (Å²) >= 11 is 0. The maximum atomic E-state index is 5.08. The van der Waals surface area contributed by atoms with Gasteiger partial charge in [-0.15, -0.1) is 6.42 Å². The van der Waals surface area contributed by atoms with Crippen molar-refractivity contribution >= 4 is 0 Å². The molecular formula is C9H13N3. The number of hydrogen-bond acceptors (Lipinski definition) is 2. The van der Waals surface area contributed by atoms with Crippen LogP contribution in [0.4, 0.5) is 0 Å². The van der Waals surface area contributed by atoms with Crippen LogP contribution < -0.4 is 5.32 Å². The predicted octanol–water partition coefficient (Wildman–Crippen LogP) is 0.496. The first-order valence-electron chi connectivity index (χ1n) is 4.03. The Hall–Kier alpha value is -1.27. The second kappa shape index (κ2) is 5.39. The molecule has 0 aromatic carbocycles. The highest BCUT2D eigenvalue weighted by molar-refractivity contribution is 4.86. The Balaban J connectivity index is 2.01. The Morgan fingerprint density at radius 1 is 1.58 bits per heavy atom. The summed E-state index contributed by atoms with van der Waals surface area (Å²) in [5.41, 5.74) is 0. The minimum atomic E-state index is 0.657. The van der Waals surface area contributed by atoms with E-state index in [0.29, 0.717) is 6.54 Å². The van der Waals surface area contributed by atoms with Crippen LogP contribution in [0.5, 0.6) is 0 Å². The predicted molar refractivity (Wildman–Crippen MR) is 48.5 cm³/mol. The van der Waals surface area contributed by atoms with Gasteiger partial charge in [0.05, 0.1) is 12.9 Å². The highest BCUT2D eigenvalue weighted by atomic mass is 15.0. The minimum absolute atomic E-state index is 0.657. The molecular weight excluding hydrogens is 150 g/mol. The zero-order valence-corrected chi connectivity index (χ0v) is 7.03. The lowest BCUT2D eigenvalue weighted by Gasteiger charge is -2.01. The van der Waals surface area contributed by atoms with Gasteiger partial charge in [0.2, 0.25) is 0 Å². The van der Waals surface area contributed by atoms with Crippen LogP contribution >= 0.6 is 0 Å². The number of nitrogens with one attached hydrogen (secondary N) is 1. The highest BCUT2D eigenvalue weighted by Gasteiger charge is 1.88. The van der Waals surface area contributed by atoms with Crippen molar-refractivity contribution in [3.63, 3.8) is 0 Å². The van der Waals surface area contributed by atoms with Gasteiger partial charge in [0.25, 0.3) is 0 Å². The van der Waals surface area contributed by atoms with Crippen molar-refractivity contribution in [2.75, 3.05) is 13.1 Å². The van der Waals surface area contributed by atoms with E-state index in [1.807, 2.05) is 12.5 Å². The fraction of sp³-hybridized carbons (Fsp3) is 0.444. The number of imidazole rings is 1.